The van der Waals surface area contributed by atoms with Gasteiger partial charge in [-0.05, 0) is 32.0 Å². The summed E-state index contributed by atoms with van der Waals surface area (Å²) in [6, 6.07) is 4.54. The monoisotopic (exact) mass is 340 g/mol. The second kappa shape index (κ2) is 5.80. The van der Waals surface area contributed by atoms with Crippen LogP contribution in [0.25, 0.3) is 22.1 Å². The van der Waals surface area contributed by atoms with E-state index in [1.165, 1.54) is 12.1 Å². The van der Waals surface area contributed by atoms with Gasteiger partial charge < -0.3 is 14.4 Å². The maximum absolute atomic E-state index is 13.3. The lowest BCUT2D eigenvalue weighted by Crippen LogP contribution is -2.22. The molecule has 4 rings (SSSR count). The maximum Gasteiger partial charge on any atom is 0.263 e. The predicted molar refractivity (Wildman–Crippen MR) is 92.1 cm³/mol. The molecule has 0 bridgehead atoms. The molecule has 0 spiro atoms. The summed E-state index contributed by atoms with van der Waals surface area (Å²) in [4.78, 5) is 18.5. The molecule has 0 amide bonds. The lowest BCUT2D eigenvalue weighted by atomic mass is 10.2. The molecular formula is C17H17FN6O. The molecule has 0 aliphatic heterocycles. The highest BCUT2D eigenvalue weighted by Crippen LogP contribution is 2.26. The minimum atomic E-state index is -0.276. The molecule has 0 saturated carbocycles. The van der Waals surface area contributed by atoms with Gasteiger partial charge in [0.2, 0.25) is 0 Å². The molecule has 4 aromatic rings. The molecule has 7 nitrogen and oxygen atoms in total. The normalized spacial score (nSPS) is 11.5. The van der Waals surface area contributed by atoms with E-state index in [4.69, 9.17) is 4.52 Å². The van der Waals surface area contributed by atoms with Crippen molar-refractivity contribution in [3.63, 3.8) is 0 Å². The molecule has 8 heteroatoms. The molecule has 128 valence electrons. The fourth-order valence-electron chi connectivity index (χ4n) is 2.88. The average molecular weight is 340 g/mol. The number of H-pyrrole nitrogens is 1. The first-order valence-electron chi connectivity index (χ1n) is 7.97. The van der Waals surface area contributed by atoms with Crippen LogP contribution in [-0.4, -0.2) is 38.7 Å². The summed E-state index contributed by atoms with van der Waals surface area (Å²) in [6.45, 7) is 4.37. The van der Waals surface area contributed by atoms with Gasteiger partial charge in [-0.25, -0.2) is 14.4 Å². The zero-order chi connectivity index (χ0) is 17.6. The van der Waals surface area contributed by atoms with Gasteiger partial charge in [0, 0.05) is 20.0 Å². The van der Waals surface area contributed by atoms with Gasteiger partial charge in [-0.1, -0.05) is 5.16 Å². The number of rotatable bonds is 4. The van der Waals surface area contributed by atoms with Crippen molar-refractivity contribution in [2.45, 2.75) is 20.3 Å². The van der Waals surface area contributed by atoms with Gasteiger partial charge >= 0.3 is 0 Å². The third kappa shape index (κ3) is 2.79. The number of likely N-dealkylation sites (N-methyl/N-ethyl adjacent to an activating group) is 1. The first-order valence-corrected chi connectivity index (χ1v) is 7.97. The van der Waals surface area contributed by atoms with Crippen LogP contribution >= 0.6 is 0 Å². The zero-order valence-corrected chi connectivity index (χ0v) is 14.2. The summed E-state index contributed by atoms with van der Waals surface area (Å²) in [6.07, 6.45) is 0.668. The number of aryl methyl sites for hydroxylation is 2. The third-order valence-electron chi connectivity index (χ3n) is 4.14. The first kappa shape index (κ1) is 15.5. The van der Waals surface area contributed by atoms with Crippen molar-refractivity contribution < 1.29 is 8.91 Å². The number of aromatic amines is 1. The van der Waals surface area contributed by atoms with Crippen LogP contribution in [0, 0.1) is 19.7 Å². The number of hydrogen-bond donors (Lipinski definition) is 1. The topological polar surface area (TPSA) is 83.7 Å². The Morgan fingerprint density at radius 1 is 1.20 bits per heavy atom. The number of fused-ring (bicyclic) bond motifs is 2. The first-order chi connectivity index (χ1) is 12.0. The van der Waals surface area contributed by atoms with Crippen molar-refractivity contribution in [1.82, 2.24) is 25.1 Å². The standard InChI is InChI=1S/C17H17FN6O/c1-9-15-16(19-10(2)20-17(15)25-23-9)24(3)7-6-14-21-12-5-4-11(18)8-13(12)22-14/h4-5,8H,6-7H2,1-3H3,(H,21,22). The third-order valence-corrected chi connectivity index (χ3v) is 4.14. The van der Waals surface area contributed by atoms with Crippen molar-refractivity contribution in [2.75, 3.05) is 18.5 Å². The van der Waals surface area contributed by atoms with Gasteiger partial charge in [0.05, 0.1) is 16.7 Å². The van der Waals surface area contributed by atoms with E-state index in [1.807, 2.05) is 25.8 Å². The van der Waals surface area contributed by atoms with Crippen LogP contribution in [0.15, 0.2) is 22.7 Å². The number of anilines is 1. The Bertz CT molecular complexity index is 1070. The Labute approximate surface area is 142 Å². The van der Waals surface area contributed by atoms with Crippen LogP contribution in [0.2, 0.25) is 0 Å². The summed E-state index contributed by atoms with van der Waals surface area (Å²) in [5.41, 5.74) is 2.71. The average Bonchev–Trinajstić information content (AvgIpc) is 3.15. The number of nitrogens with one attached hydrogen (secondary N) is 1. The Balaban J connectivity index is 1.59. The fraction of sp³-hybridized carbons (Fsp3) is 0.294. The molecule has 0 unspecified atom stereocenters. The molecule has 0 aliphatic rings. The molecule has 0 radical (unpaired) electrons. The van der Waals surface area contributed by atoms with E-state index >= 15 is 0 Å². The molecule has 1 N–H and O–H groups in total. The molecule has 0 aliphatic carbocycles. The number of aromatic nitrogens is 5. The van der Waals surface area contributed by atoms with Crippen LogP contribution in [0.1, 0.15) is 17.3 Å². The quantitative estimate of drug-likeness (QED) is 0.615. The van der Waals surface area contributed by atoms with E-state index < -0.39 is 0 Å². The summed E-state index contributed by atoms with van der Waals surface area (Å²) in [7, 11) is 1.95. The second-order valence-corrected chi connectivity index (χ2v) is 6.06. The molecule has 3 aromatic heterocycles. The SMILES string of the molecule is Cc1nc(N(C)CCc2nc3ccc(F)cc3[nH]2)c2c(C)noc2n1. The van der Waals surface area contributed by atoms with Crippen LogP contribution in [0.3, 0.4) is 0 Å². The lowest BCUT2D eigenvalue weighted by molar-refractivity contribution is 0.442. The van der Waals surface area contributed by atoms with Crippen LogP contribution in [0.5, 0.6) is 0 Å². The van der Waals surface area contributed by atoms with E-state index in [-0.39, 0.29) is 5.82 Å². The Kier molecular flexibility index (Phi) is 3.60. The van der Waals surface area contributed by atoms with E-state index in [0.29, 0.717) is 30.0 Å². The van der Waals surface area contributed by atoms with E-state index in [0.717, 1.165) is 28.2 Å². The summed E-state index contributed by atoms with van der Waals surface area (Å²) < 4.78 is 18.5. The van der Waals surface area contributed by atoms with Gasteiger partial charge in [-0.15, -0.1) is 0 Å². The second-order valence-electron chi connectivity index (χ2n) is 6.06. The number of imidazole rings is 1. The summed E-state index contributed by atoms with van der Waals surface area (Å²) >= 11 is 0. The highest BCUT2D eigenvalue weighted by molar-refractivity contribution is 5.88. The number of hydrogen-bond acceptors (Lipinski definition) is 6. The van der Waals surface area contributed by atoms with Gasteiger partial charge in [0.15, 0.2) is 0 Å². The minimum Gasteiger partial charge on any atom is -0.358 e. The largest absolute Gasteiger partial charge is 0.358 e. The smallest absolute Gasteiger partial charge is 0.263 e. The van der Waals surface area contributed by atoms with E-state index in [2.05, 4.69) is 25.1 Å². The Morgan fingerprint density at radius 3 is 2.88 bits per heavy atom. The molecule has 3 heterocycles. The van der Waals surface area contributed by atoms with Gasteiger partial charge in [-0.2, -0.15) is 4.98 Å². The van der Waals surface area contributed by atoms with Crippen molar-refractivity contribution in [3.05, 3.63) is 41.4 Å². The molecular weight excluding hydrogens is 323 g/mol. The van der Waals surface area contributed by atoms with Crippen molar-refractivity contribution in [1.29, 1.82) is 0 Å². The lowest BCUT2D eigenvalue weighted by Gasteiger charge is -2.18. The molecule has 25 heavy (non-hydrogen) atoms. The van der Waals surface area contributed by atoms with E-state index in [1.54, 1.807) is 6.07 Å². The maximum atomic E-state index is 13.3. The molecule has 1 aromatic carbocycles. The number of benzene rings is 1. The fourth-order valence-corrected chi connectivity index (χ4v) is 2.88. The summed E-state index contributed by atoms with van der Waals surface area (Å²) in [5.74, 6) is 1.94. The zero-order valence-electron chi connectivity index (χ0n) is 14.2. The van der Waals surface area contributed by atoms with E-state index in [9.17, 15) is 4.39 Å². The highest BCUT2D eigenvalue weighted by Gasteiger charge is 2.17. The van der Waals surface area contributed by atoms with Gasteiger partial charge in [0.25, 0.3) is 5.71 Å². The Morgan fingerprint density at radius 2 is 2.04 bits per heavy atom. The van der Waals surface area contributed by atoms with Crippen molar-refractivity contribution >= 4 is 28.0 Å². The number of halogens is 1. The van der Waals surface area contributed by atoms with Gasteiger partial charge in [0.1, 0.15) is 28.7 Å². The number of nitrogens with zero attached hydrogens (tertiary/aromatic N) is 5. The molecule has 0 atom stereocenters. The molecule has 0 saturated heterocycles. The van der Waals surface area contributed by atoms with Crippen molar-refractivity contribution in [2.24, 2.45) is 0 Å². The van der Waals surface area contributed by atoms with Crippen molar-refractivity contribution in [3.8, 4) is 0 Å². The summed E-state index contributed by atoms with van der Waals surface area (Å²) in [5, 5.41) is 4.80. The Hall–Kier alpha value is -3.03. The molecule has 0 fully saturated rings. The minimum absolute atomic E-state index is 0.276. The van der Waals surface area contributed by atoms with Crippen LogP contribution < -0.4 is 4.90 Å². The van der Waals surface area contributed by atoms with Gasteiger partial charge in [-0.3, -0.25) is 0 Å². The predicted octanol–water partition coefficient (Wildman–Crippen LogP) is 2.93. The highest BCUT2D eigenvalue weighted by atomic mass is 19.1. The van der Waals surface area contributed by atoms with Crippen LogP contribution in [-0.2, 0) is 6.42 Å². The van der Waals surface area contributed by atoms with Crippen LogP contribution in [0.4, 0.5) is 10.2 Å².